The van der Waals surface area contributed by atoms with Crippen molar-refractivity contribution in [1.82, 2.24) is 0 Å². The lowest BCUT2D eigenvalue weighted by Crippen LogP contribution is -1.78. The molecule has 0 aromatic carbocycles. The number of hydrogen-bond donors (Lipinski definition) is 0. The predicted molar refractivity (Wildman–Crippen MR) is 78.6 cm³/mol. The molecule has 1 fully saturated rings. The molecular weight excluding hydrogens is 220 g/mol. The second kappa shape index (κ2) is 8.79. The largest absolute Gasteiger partial charge is 0.470 e. The number of hydrogen-bond acceptors (Lipinski definition) is 1. The van der Waals surface area contributed by atoms with E-state index in [0.29, 0.717) is 0 Å². The zero-order valence-electron chi connectivity index (χ0n) is 12.0. The molecule has 0 aliphatic heterocycles. The van der Waals surface area contributed by atoms with Gasteiger partial charge in [0.15, 0.2) is 0 Å². The summed E-state index contributed by atoms with van der Waals surface area (Å²) in [6, 6.07) is 3.79. The molecule has 2 aliphatic carbocycles. The van der Waals surface area contributed by atoms with Gasteiger partial charge in [-0.15, -0.1) is 0 Å². The van der Waals surface area contributed by atoms with Gasteiger partial charge in [-0.25, -0.2) is 0 Å². The smallest absolute Gasteiger partial charge is 0.100 e. The second-order valence-electron chi connectivity index (χ2n) is 5.26. The molecule has 0 amide bonds. The number of aryl methyl sites for hydroxylation is 1. The first-order valence-electron chi connectivity index (χ1n) is 7.01. The second-order valence-corrected chi connectivity index (χ2v) is 5.26. The molecule has 1 aromatic heterocycles. The Kier molecular flexibility index (Phi) is 7.24. The minimum absolute atomic E-state index is 0.968. The number of rotatable bonds is 0. The van der Waals surface area contributed by atoms with Crippen molar-refractivity contribution in [3.8, 4) is 0 Å². The van der Waals surface area contributed by atoms with Crippen molar-refractivity contribution >= 4 is 0 Å². The van der Waals surface area contributed by atoms with Crippen molar-refractivity contribution in [2.75, 3.05) is 0 Å². The molecule has 1 saturated carbocycles. The third kappa shape index (κ3) is 7.16. The molecule has 1 nitrogen and oxygen atoms in total. The molecule has 0 spiro atoms. The van der Waals surface area contributed by atoms with Crippen LogP contribution in [-0.2, 0) is 0 Å². The Morgan fingerprint density at radius 1 is 1.17 bits per heavy atom. The molecule has 0 saturated heterocycles. The van der Waals surface area contributed by atoms with Gasteiger partial charge in [0, 0.05) is 0 Å². The maximum absolute atomic E-state index is 4.83. The lowest BCUT2D eigenvalue weighted by molar-refractivity contribution is 0.534. The van der Waals surface area contributed by atoms with Gasteiger partial charge in [-0.1, -0.05) is 56.4 Å². The highest BCUT2D eigenvalue weighted by Gasteiger charge is 2.07. The first-order valence-corrected chi connectivity index (χ1v) is 7.01. The zero-order chi connectivity index (χ0) is 13.2. The van der Waals surface area contributed by atoms with Crippen molar-refractivity contribution in [2.45, 2.75) is 52.9 Å². The molecule has 0 unspecified atom stereocenters. The summed E-state index contributed by atoms with van der Waals surface area (Å²) in [5.41, 5.74) is 1.47. The van der Waals surface area contributed by atoms with E-state index in [1.807, 2.05) is 19.1 Å². The zero-order valence-corrected chi connectivity index (χ0v) is 12.0. The van der Waals surface area contributed by atoms with Crippen molar-refractivity contribution in [1.29, 1.82) is 0 Å². The van der Waals surface area contributed by atoms with Gasteiger partial charge in [-0.05, 0) is 38.3 Å². The highest BCUT2D eigenvalue weighted by Crippen LogP contribution is 2.22. The highest BCUT2D eigenvalue weighted by atomic mass is 16.3. The van der Waals surface area contributed by atoms with E-state index >= 15 is 0 Å². The van der Waals surface area contributed by atoms with E-state index in [1.54, 1.807) is 6.26 Å². The monoisotopic (exact) mass is 246 g/mol. The summed E-state index contributed by atoms with van der Waals surface area (Å²) in [5.74, 6) is 2.01. The molecule has 3 rings (SSSR count). The average Bonchev–Trinajstić information content (AvgIpc) is 3.05. The lowest BCUT2D eigenvalue weighted by atomic mass is 10.2. The summed E-state index contributed by atoms with van der Waals surface area (Å²) in [7, 11) is 0. The van der Waals surface area contributed by atoms with Crippen LogP contribution in [0.1, 0.15) is 51.7 Å². The Hall–Kier alpha value is -1.24. The SMILES string of the molecule is CC1=CC=CC1.CC1CCCC1.Cc1ccco1. The summed E-state index contributed by atoms with van der Waals surface area (Å²) >= 11 is 0. The highest BCUT2D eigenvalue weighted by molar-refractivity contribution is 5.20. The van der Waals surface area contributed by atoms with Gasteiger partial charge >= 0.3 is 0 Å². The minimum Gasteiger partial charge on any atom is -0.470 e. The predicted octanol–water partition coefficient (Wildman–Crippen LogP) is 5.68. The summed E-state index contributed by atoms with van der Waals surface area (Å²) in [6.45, 7) is 6.40. The van der Waals surface area contributed by atoms with Gasteiger partial charge in [-0.3, -0.25) is 0 Å². The van der Waals surface area contributed by atoms with Gasteiger partial charge in [0.05, 0.1) is 6.26 Å². The van der Waals surface area contributed by atoms with Crippen LogP contribution in [0.25, 0.3) is 0 Å². The van der Waals surface area contributed by atoms with Crippen molar-refractivity contribution in [2.24, 2.45) is 5.92 Å². The van der Waals surface area contributed by atoms with E-state index in [1.165, 1.54) is 37.7 Å². The Morgan fingerprint density at radius 2 is 1.89 bits per heavy atom. The fourth-order valence-corrected chi connectivity index (χ4v) is 2.04. The van der Waals surface area contributed by atoms with E-state index < -0.39 is 0 Å². The number of allylic oxidation sites excluding steroid dienone is 4. The number of furan rings is 1. The Labute approximate surface area is 112 Å². The van der Waals surface area contributed by atoms with Crippen LogP contribution in [0.5, 0.6) is 0 Å². The minimum atomic E-state index is 0.968. The maximum atomic E-state index is 4.83. The third-order valence-electron chi connectivity index (χ3n) is 3.26. The van der Waals surface area contributed by atoms with Gasteiger partial charge in [0.2, 0.25) is 0 Å². The van der Waals surface area contributed by atoms with Crippen molar-refractivity contribution in [3.05, 3.63) is 48.0 Å². The quantitative estimate of drug-likeness (QED) is 0.574. The van der Waals surface area contributed by atoms with Gasteiger partial charge < -0.3 is 4.42 Å². The Morgan fingerprint density at radius 3 is 2.06 bits per heavy atom. The first kappa shape index (κ1) is 14.8. The molecule has 1 aromatic rings. The fraction of sp³-hybridized carbons (Fsp3) is 0.529. The van der Waals surface area contributed by atoms with Gasteiger partial charge in [0.1, 0.15) is 5.76 Å². The van der Waals surface area contributed by atoms with Crippen LogP contribution >= 0.6 is 0 Å². The molecule has 1 heteroatoms. The van der Waals surface area contributed by atoms with Crippen LogP contribution < -0.4 is 0 Å². The molecular formula is C17H26O. The van der Waals surface area contributed by atoms with Gasteiger partial charge in [-0.2, -0.15) is 0 Å². The normalized spacial score (nSPS) is 17.6. The standard InChI is InChI=1S/C6H12.C6H8.C5H6O/c2*1-6-4-2-3-5-6;1-5-3-2-4-6-5/h6H,2-5H2,1H3;2-4H,5H2,1H3;2-4H,1H3. The summed E-state index contributed by atoms with van der Waals surface area (Å²) in [4.78, 5) is 0. The van der Waals surface area contributed by atoms with E-state index in [2.05, 4.69) is 32.1 Å². The van der Waals surface area contributed by atoms with Crippen LogP contribution in [0.3, 0.4) is 0 Å². The molecule has 18 heavy (non-hydrogen) atoms. The Balaban J connectivity index is 0.000000135. The van der Waals surface area contributed by atoms with Crippen LogP contribution in [0.2, 0.25) is 0 Å². The summed E-state index contributed by atoms with van der Waals surface area (Å²) < 4.78 is 4.83. The molecule has 0 N–H and O–H groups in total. The molecule has 100 valence electrons. The van der Waals surface area contributed by atoms with Crippen molar-refractivity contribution < 1.29 is 4.42 Å². The van der Waals surface area contributed by atoms with Crippen LogP contribution in [0.4, 0.5) is 0 Å². The van der Waals surface area contributed by atoms with Crippen LogP contribution in [0.15, 0.2) is 46.6 Å². The van der Waals surface area contributed by atoms with Crippen LogP contribution in [0, 0.1) is 12.8 Å². The summed E-state index contributed by atoms with van der Waals surface area (Å²) in [5, 5.41) is 0. The third-order valence-corrected chi connectivity index (χ3v) is 3.26. The molecule has 0 bridgehead atoms. The lowest BCUT2D eigenvalue weighted by Gasteiger charge is -1.91. The molecule has 0 atom stereocenters. The first-order chi connectivity index (χ1) is 8.68. The van der Waals surface area contributed by atoms with Crippen molar-refractivity contribution in [3.63, 3.8) is 0 Å². The molecule has 2 aliphatic rings. The molecule has 0 radical (unpaired) electrons. The average molecular weight is 246 g/mol. The van der Waals surface area contributed by atoms with Crippen LogP contribution in [-0.4, -0.2) is 0 Å². The Bertz CT molecular complexity index is 351. The fourth-order valence-electron chi connectivity index (χ4n) is 2.04. The molecule has 1 heterocycles. The van der Waals surface area contributed by atoms with E-state index in [0.717, 1.165) is 11.7 Å². The topological polar surface area (TPSA) is 13.1 Å². The van der Waals surface area contributed by atoms with E-state index in [-0.39, 0.29) is 0 Å². The summed E-state index contributed by atoms with van der Waals surface area (Å²) in [6.07, 6.45) is 15.2. The van der Waals surface area contributed by atoms with E-state index in [4.69, 9.17) is 4.42 Å². The van der Waals surface area contributed by atoms with E-state index in [9.17, 15) is 0 Å². The maximum Gasteiger partial charge on any atom is 0.100 e. The van der Waals surface area contributed by atoms with Gasteiger partial charge in [0.25, 0.3) is 0 Å².